The minimum absolute atomic E-state index is 0.308. The van der Waals surface area contributed by atoms with Crippen LogP contribution in [0.3, 0.4) is 0 Å². The van der Waals surface area contributed by atoms with E-state index in [-0.39, 0.29) is 11.1 Å². The molecule has 2 N–H and O–H groups in total. The summed E-state index contributed by atoms with van der Waals surface area (Å²) in [6.07, 6.45) is 2.57. The van der Waals surface area contributed by atoms with Crippen LogP contribution in [0.4, 0.5) is 0 Å². The lowest BCUT2D eigenvalue weighted by Gasteiger charge is -2.15. The lowest BCUT2D eigenvalue weighted by Crippen LogP contribution is -2.21. The summed E-state index contributed by atoms with van der Waals surface area (Å²) < 4.78 is 0. The summed E-state index contributed by atoms with van der Waals surface area (Å²) in [7, 11) is 0. The van der Waals surface area contributed by atoms with Crippen LogP contribution < -0.4 is 0 Å². The van der Waals surface area contributed by atoms with Crippen LogP contribution in [0.15, 0.2) is 28.9 Å². The van der Waals surface area contributed by atoms with Crippen molar-refractivity contribution in [3.05, 3.63) is 28.9 Å². The van der Waals surface area contributed by atoms with Gasteiger partial charge < -0.3 is 10.2 Å². The molecule has 0 saturated carbocycles. The van der Waals surface area contributed by atoms with Gasteiger partial charge in [-0.3, -0.25) is 4.79 Å². The second-order valence-corrected chi connectivity index (χ2v) is 3.11. The van der Waals surface area contributed by atoms with Gasteiger partial charge in [0.25, 0.3) is 0 Å². The highest BCUT2D eigenvalue weighted by atomic mass is 16.4. The van der Waals surface area contributed by atoms with E-state index in [9.17, 15) is 14.4 Å². The fourth-order valence-electron chi connectivity index (χ4n) is 1.36. The molecule has 15 heavy (non-hydrogen) atoms. The SMILES string of the molecule is CC1=CC(C(=O)O)C(=C=O)C(C(=O)O)=C1. The Balaban J connectivity index is 3.31. The van der Waals surface area contributed by atoms with Crippen LogP contribution in [0, 0.1) is 5.92 Å². The van der Waals surface area contributed by atoms with Gasteiger partial charge in [0.1, 0.15) is 11.9 Å². The summed E-state index contributed by atoms with van der Waals surface area (Å²) in [5, 5.41) is 17.6. The molecule has 1 rings (SSSR count). The van der Waals surface area contributed by atoms with Crippen molar-refractivity contribution < 1.29 is 24.6 Å². The average Bonchev–Trinajstić information content (AvgIpc) is 2.16. The predicted molar refractivity (Wildman–Crippen MR) is 49.8 cm³/mol. The van der Waals surface area contributed by atoms with Crippen molar-refractivity contribution >= 4 is 17.9 Å². The molecular formula is C10H8O5. The summed E-state index contributed by atoms with van der Waals surface area (Å²) in [4.78, 5) is 32.1. The van der Waals surface area contributed by atoms with Crippen molar-refractivity contribution in [1.29, 1.82) is 0 Å². The van der Waals surface area contributed by atoms with E-state index in [2.05, 4.69) is 0 Å². The molecule has 0 saturated heterocycles. The standard InChI is InChI=1S/C10H8O5/c1-5-2-6(9(12)13)8(4-11)7(3-5)10(14)15/h2-3,6H,1H3,(H,12,13)(H,14,15). The monoisotopic (exact) mass is 208 g/mol. The van der Waals surface area contributed by atoms with E-state index < -0.39 is 17.9 Å². The van der Waals surface area contributed by atoms with E-state index in [1.165, 1.54) is 18.1 Å². The molecular weight excluding hydrogens is 200 g/mol. The number of hydrogen-bond donors (Lipinski definition) is 2. The number of allylic oxidation sites excluding steroid dienone is 2. The van der Waals surface area contributed by atoms with E-state index in [0.717, 1.165) is 0 Å². The molecule has 0 aromatic heterocycles. The first-order valence-electron chi connectivity index (χ1n) is 4.09. The van der Waals surface area contributed by atoms with Crippen LogP contribution in [-0.2, 0) is 14.4 Å². The molecule has 0 fully saturated rings. The van der Waals surface area contributed by atoms with Gasteiger partial charge in [-0.2, -0.15) is 0 Å². The summed E-state index contributed by atoms with van der Waals surface area (Å²) in [6.45, 7) is 1.57. The minimum Gasteiger partial charge on any atom is -0.481 e. The molecule has 1 unspecified atom stereocenters. The van der Waals surface area contributed by atoms with Gasteiger partial charge in [-0.25, -0.2) is 9.59 Å². The molecule has 0 amide bonds. The van der Waals surface area contributed by atoms with Gasteiger partial charge in [0.05, 0.1) is 11.1 Å². The quantitative estimate of drug-likeness (QED) is 0.641. The third-order valence-corrected chi connectivity index (χ3v) is 2.01. The molecule has 0 aliphatic heterocycles. The van der Waals surface area contributed by atoms with E-state index in [4.69, 9.17) is 10.2 Å². The Morgan fingerprint density at radius 2 is 2.00 bits per heavy atom. The van der Waals surface area contributed by atoms with Crippen LogP contribution in [0.25, 0.3) is 0 Å². The van der Waals surface area contributed by atoms with Crippen LogP contribution >= 0.6 is 0 Å². The van der Waals surface area contributed by atoms with Crippen molar-refractivity contribution in [3.63, 3.8) is 0 Å². The molecule has 0 heterocycles. The number of carboxylic acid groups (broad SMARTS) is 2. The zero-order valence-electron chi connectivity index (χ0n) is 7.85. The Labute approximate surface area is 85.0 Å². The molecule has 0 radical (unpaired) electrons. The second-order valence-electron chi connectivity index (χ2n) is 3.11. The van der Waals surface area contributed by atoms with Gasteiger partial charge in [-0.1, -0.05) is 11.6 Å². The van der Waals surface area contributed by atoms with Crippen molar-refractivity contribution in [3.8, 4) is 0 Å². The van der Waals surface area contributed by atoms with Crippen LogP contribution in [0.1, 0.15) is 6.92 Å². The summed E-state index contributed by atoms with van der Waals surface area (Å²) >= 11 is 0. The maximum absolute atomic E-state index is 10.8. The van der Waals surface area contributed by atoms with Gasteiger partial charge in [0, 0.05) is 0 Å². The summed E-state index contributed by atoms with van der Waals surface area (Å²) in [6, 6.07) is 0. The molecule has 0 aromatic carbocycles. The van der Waals surface area contributed by atoms with E-state index in [1.807, 2.05) is 0 Å². The third-order valence-electron chi connectivity index (χ3n) is 2.01. The topological polar surface area (TPSA) is 91.7 Å². The molecule has 5 heteroatoms. The fraction of sp³-hybridized carbons (Fsp3) is 0.200. The number of rotatable bonds is 2. The van der Waals surface area contributed by atoms with Gasteiger partial charge in [0.15, 0.2) is 0 Å². The Hall–Kier alpha value is -2.13. The van der Waals surface area contributed by atoms with E-state index in [1.54, 1.807) is 6.92 Å². The maximum atomic E-state index is 10.8. The Morgan fingerprint density at radius 1 is 1.40 bits per heavy atom. The highest BCUT2D eigenvalue weighted by molar-refractivity contribution is 6.00. The highest BCUT2D eigenvalue weighted by Crippen LogP contribution is 2.27. The van der Waals surface area contributed by atoms with Crippen LogP contribution in [0.5, 0.6) is 0 Å². The van der Waals surface area contributed by atoms with Crippen LogP contribution in [-0.4, -0.2) is 28.1 Å². The predicted octanol–water partition coefficient (Wildman–Crippen LogP) is 0.416. The van der Waals surface area contributed by atoms with E-state index >= 15 is 0 Å². The van der Waals surface area contributed by atoms with Gasteiger partial charge >= 0.3 is 11.9 Å². The fourth-order valence-corrected chi connectivity index (χ4v) is 1.36. The first-order chi connectivity index (χ1) is 6.97. The number of carboxylic acids is 2. The summed E-state index contributed by atoms with van der Waals surface area (Å²) in [5.74, 6) is -2.44. The largest absolute Gasteiger partial charge is 0.481 e. The molecule has 5 nitrogen and oxygen atoms in total. The second kappa shape index (κ2) is 3.94. The Morgan fingerprint density at radius 3 is 2.40 bits per heavy atom. The summed E-state index contributed by atoms with van der Waals surface area (Å²) in [5.41, 5.74) is -0.156. The van der Waals surface area contributed by atoms with Crippen LogP contribution in [0.2, 0.25) is 0 Å². The third kappa shape index (κ3) is 2.03. The smallest absolute Gasteiger partial charge is 0.336 e. The number of carbonyl (C=O) groups is 2. The molecule has 78 valence electrons. The average molecular weight is 208 g/mol. The zero-order chi connectivity index (χ0) is 11.6. The van der Waals surface area contributed by atoms with Crippen molar-refractivity contribution in [2.75, 3.05) is 0 Å². The first kappa shape index (κ1) is 10.9. The van der Waals surface area contributed by atoms with Gasteiger partial charge in [-0.15, -0.1) is 0 Å². The van der Waals surface area contributed by atoms with E-state index in [0.29, 0.717) is 5.57 Å². The maximum Gasteiger partial charge on any atom is 0.336 e. The zero-order valence-corrected chi connectivity index (χ0v) is 7.85. The number of hydrogen-bond acceptors (Lipinski definition) is 3. The molecule has 1 aliphatic rings. The lowest BCUT2D eigenvalue weighted by atomic mass is 9.86. The molecule has 1 atom stereocenters. The van der Waals surface area contributed by atoms with Gasteiger partial charge in [0.2, 0.25) is 0 Å². The normalized spacial score (nSPS) is 20.1. The molecule has 0 spiro atoms. The molecule has 0 bridgehead atoms. The molecule has 1 aliphatic carbocycles. The minimum atomic E-state index is -1.33. The Bertz CT molecular complexity index is 435. The Kier molecular flexibility index (Phi) is 2.87. The highest BCUT2D eigenvalue weighted by Gasteiger charge is 2.30. The van der Waals surface area contributed by atoms with Crippen molar-refractivity contribution in [1.82, 2.24) is 0 Å². The van der Waals surface area contributed by atoms with Crippen molar-refractivity contribution in [2.45, 2.75) is 6.92 Å². The lowest BCUT2D eigenvalue weighted by molar-refractivity contribution is -0.138. The number of aliphatic carboxylic acids is 2. The van der Waals surface area contributed by atoms with Gasteiger partial charge in [-0.05, 0) is 13.0 Å². The van der Waals surface area contributed by atoms with Crippen molar-refractivity contribution in [2.24, 2.45) is 5.92 Å². The first-order valence-corrected chi connectivity index (χ1v) is 4.09. The molecule has 0 aromatic rings. The number of carbonyl (C=O) groups excluding carboxylic acids is 1.